The van der Waals surface area contributed by atoms with Crippen molar-refractivity contribution in [2.24, 2.45) is 0 Å². The van der Waals surface area contributed by atoms with Crippen LogP contribution in [0.25, 0.3) is 0 Å². The molecule has 0 aromatic carbocycles. The molecule has 61 heavy (non-hydrogen) atoms. The van der Waals surface area contributed by atoms with Crippen molar-refractivity contribution in [3.8, 4) is 0 Å². The fourth-order valence-electron chi connectivity index (χ4n) is 7.33. The summed E-state index contributed by atoms with van der Waals surface area (Å²) in [6, 6.07) is 0. The number of carbonyl (C=O) groups is 2. The molecular weight excluding hydrogens is 812 g/mol. The molecule has 0 aliphatic rings. The zero-order valence-corrected chi connectivity index (χ0v) is 40.4. The Bertz CT molecular complexity index is 1490. The largest absolute Gasteiger partial charge is 0.472 e. The van der Waals surface area contributed by atoms with Crippen molar-refractivity contribution < 1.29 is 42.1 Å². The van der Waals surface area contributed by atoms with Gasteiger partial charge in [0.05, 0.1) is 23.7 Å². The number of rotatable bonds is 40. The Labute approximate surface area is 373 Å². The minimum atomic E-state index is -4.51. The number of nitrogens with zero attached hydrogens (tertiary/aromatic N) is 3. The van der Waals surface area contributed by atoms with E-state index in [4.69, 9.17) is 24.3 Å². The van der Waals surface area contributed by atoms with E-state index in [0.717, 1.165) is 54.7 Å². The molecule has 0 radical (unpaired) electrons. The van der Waals surface area contributed by atoms with Crippen LogP contribution in [0.2, 0.25) is 0 Å². The lowest BCUT2D eigenvalue weighted by atomic mass is 10.0. The number of thiazole rings is 1. The fourth-order valence-corrected chi connectivity index (χ4v) is 9.05. The molecule has 1 unspecified atom stereocenters. The van der Waals surface area contributed by atoms with Gasteiger partial charge in [0.2, 0.25) is 5.51 Å². The van der Waals surface area contributed by atoms with Crippen molar-refractivity contribution in [2.45, 2.75) is 227 Å². The maximum atomic E-state index is 12.9. The molecule has 0 bridgehead atoms. The first-order chi connectivity index (χ1) is 29.5. The lowest BCUT2D eigenvalue weighted by Gasteiger charge is -2.20. The highest BCUT2D eigenvalue weighted by Crippen LogP contribution is 2.43. The molecule has 2 heterocycles. The number of phosphoric acid groups is 1. The van der Waals surface area contributed by atoms with Gasteiger partial charge in [0.25, 0.3) is 0 Å². The smallest absolute Gasteiger partial charge is 0.462 e. The van der Waals surface area contributed by atoms with Crippen LogP contribution in [0.5, 0.6) is 0 Å². The van der Waals surface area contributed by atoms with Gasteiger partial charge in [-0.2, -0.15) is 4.57 Å². The van der Waals surface area contributed by atoms with Crippen molar-refractivity contribution in [2.75, 3.05) is 25.6 Å². The second-order valence-corrected chi connectivity index (χ2v) is 19.2. The Morgan fingerprint density at radius 2 is 1.20 bits per heavy atom. The SMILES string of the molecule is CCCCCCCCCCCCCCCC(=O)OC[C@H](COP(=O)(O)OCCc1sc[n+](Cc2cnc(C)nc2N)c1C)OC(=O)CCCCCCCCCCCCCCC. The summed E-state index contributed by atoms with van der Waals surface area (Å²) < 4.78 is 36.7. The Kier molecular flexibility index (Phi) is 31.4. The van der Waals surface area contributed by atoms with Gasteiger partial charge in [0.1, 0.15) is 18.2 Å². The van der Waals surface area contributed by atoms with Crippen LogP contribution in [-0.4, -0.2) is 52.7 Å². The topological polar surface area (TPSA) is 164 Å². The van der Waals surface area contributed by atoms with Gasteiger partial charge >= 0.3 is 19.8 Å². The van der Waals surface area contributed by atoms with E-state index < -0.39 is 26.5 Å². The van der Waals surface area contributed by atoms with Crippen molar-refractivity contribution in [1.82, 2.24) is 9.97 Å². The summed E-state index contributed by atoms with van der Waals surface area (Å²) in [5.74, 6) is 0.211. The Hall–Kier alpha value is -2.44. The summed E-state index contributed by atoms with van der Waals surface area (Å²) in [7, 11) is -4.51. The molecule has 12 nitrogen and oxygen atoms in total. The van der Waals surface area contributed by atoms with Crippen molar-refractivity contribution in [3.63, 3.8) is 0 Å². The first-order valence-electron chi connectivity index (χ1n) is 24.1. The van der Waals surface area contributed by atoms with E-state index in [2.05, 4.69) is 23.8 Å². The Morgan fingerprint density at radius 3 is 1.69 bits per heavy atom. The molecule has 0 saturated heterocycles. The van der Waals surface area contributed by atoms with Crippen LogP contribution in [0, 0.1) is 13.8 Å². The third kappa shape index (κ3) is 28.1. The number of anilines is 1. The molecule has 3 N–H and O–H groups in total. The van der Waals surface area contributed by atoms with Crippen LogP contribution in [-0.2, 0) is 45.6 Å². The predicted molar refractivity (Wildman–Crippen MR) is 246 cm³/mol. The van der Waals surface area contributed by atoms with E-state index in [0.29, 0.717) is 31.0 Å². The summed E-state index contributed by atoms with van der Waals surface area (Å²) in [5.41, 5.74) is 9.81. The summed E-state index contributed by atoms with van der Waals surface area (Å²) in [6.45, 7) is 7.98. The average Bonchev–Trinajstić information content (AvgIpc) is 3.57. The molecule has 0 aliphatic heterocycles. The summed E-state index contributed by atoms with van der Waals surface area (Å²) in [5, 5.41) is 0. The zero-order chi connectivity index (χ0) is 44.4. The maximum absolute atomic E-state index is 12.9. The van der Waals surface area contributed by atoms with Gasteiger partial charge in [0, 0.05) is 32.4 Å². The summed E-state index contributed by atoms with van der Waals surface area (Å²) >= 11 is 1.50. The quantitative estimate of drug-likeness (QED) is 0.0283. The normalized spacial score (nSPS) is 13.0. The fraction of sp³-hybridized carbons (Fsp3) is 0.809. The van der Waals surface area contributed by atoms with E-state index in [1.807, 2.05) is 17.0 Å². The number of nitrogens with two attached hydrogens (primary N) is 1. The number of nitrogen functional groups attached to an aromatic ring is 1. The first-order valence-corrected chi connectivity index (χ1v) is 26.4. The van der Waals surface area contributed by atoms with Gasteiger partial charge in [-0.3, -0.25) is 18.6 Å². The van der Waals surface area contributed by atoms with Crippen LogP contribution in [0.4, 0.5) is 5.82 Å². The molecule has 0 spiro atoms. The Morgan fingerprint density at radius 1 is 0.721 bits per heavy atom. The number of aryl methyl sites for hydroxylation is 1. The zero-order valence-electron chi connectivity index (χ0n) is 38.6. The second-order valence-electron chi connectivity index (χ2n) is 16.8. The van der Waals surface area contributed by atoms with Crippen LogP contribution in [0.1, 0.15) is 216 Å². The van der Waals surface area contributed by atoms with Crippen LogP contribution in [0.3, 0.4) is 0 Å². The maximum Gasteiger partial charge on any atom is 0.472 e. The number of hydrogen-bond donors (Lipinski definition) is 2. The van der Waals surface area contributed by atoms with Crippen molar-refractivity contribution >= 4 is 36.9 Å². The molecule has 14 heteroatoms. The average molecular weight is 896 g/mol. The lowest BCUT2D eigenvalue weighted by Crippen LogP contribution is -2.35. The molecule has 350 valence electrons. The third-order valence-electron chi connectivity index (χ3n) is 11.2. The predicted octanol–water partition coefficient (Wildman–Crippen LogP) is 12.2. The molecule has 0 fully saturated rings. The van der Waals surface area contributed by atoms with Crippen molar-refractivity contribution in [1.29, 1.82) is 0 Å². The van der Waals surface area contributed by atoms with Gasteiger partial charge in [0.15, 0.2) is 18.3 Å². The minimum Gasteiger partial charge on any atom is -0.462 e. The number of unbranched alkanes of at least 4 members (excludes halogenated alkanes) is 24. The number of esters is 2. The lowest BCUT2D eigenvalue weighted by molar-refractivity contribution is -0.689. The standard InChI is InChI=1S/C47H83N4O8PS/c1-5-7-9-11-13-15-17-19-21-23-25-27-29-31-45(52)56-37-43(59-46(53)32-30-28-26-24-22-20-18-16-14-12-10-8-6-2)38-58-60(54,55)57-34-33-44-40(3)51(39-61-44)36-42-35-49-41(4)50-47(42)48/h35,39,43H,5-34,36-38H2,1-4H3,(H2-,48,49,50,54,55)/p+1/t43-/m1/s1. The molecular formula is C47H84N4O8PS+. The third-order valence-corrected chi connectivity index (χ3v) is 13.3. The van der Waals surface area contributed by atoms with Crippen LogP contribution >= 0.6 is 19.2 Å². The molecule has 2 aromatic heterocycles. The van der Waals surface area contributed by atoms with Gasteiger partial charge in [-0.15, -0.1) is 0 Å². The molecule has 2 aromatic rings. The number of hydrogen-bond acceptors (Lipinski definition) is 11. The molecule has 0 amide bonds. The highest BCUT2D eigenvalue weighted by Gasteiger charge is 2.27. The number of phosphoric ester groups is 1. The minimum absolute atomic E-state index is 0.0669. The van der Waals surface area contributed by atoms with Gasteiger partial charge in [-0.1, -0.05) is 179 Å². The van der Waals surface area contributed by atoms with E-state index in [9.17, 15) is 19.0 Å². The molecule has 0 aliphatic carbocycles. The monoisotopic (exact) mass is 896 g/mol. The first kappa shape index (κ1) is 54.7. The summed E-state index contributed by atoms with van der Waals surface area (Å²) in [4.78, 5) is 45.5. The second kappa shape index (κ2) is 35.0. The highest BCUT2D eigenvalue weighted by molar-refractivity contribution is 7.47. The van der Waals surface area contributed by atoms with Gasteiger partial charge in [-0.25, -0.2) is 14.5 Å². The number of carbonyl (C=O) groups excluding carboxylic acids is 2. The molecule has 2 rings (SSSR count). The van der Waals surface area contributed by atoms with Gasteiger partial charge < -0.3 is 20.1 Å². The van der Waals surface area contributed by atoms with Crippen molar-refractivity contribution in [3.05, 3.63) is 33.7 Å². The number of aromatic nitrogens is 3. The van der Waals surface area contributed by atoms with Gasteiger partial charge in [-0.05, 0) is 19.8 Å². The molecule has 0 saturated carbocycles. The van der Waals surface area contributed by atoms with Crippen LogP contribution < -0.4 is 10.3 Å². The van der Waals surface area contributed by atoms with E-state index in [1.165, 1.54) is 133 Å². The van der Waals surface area contributed by atoms with E-state index in [1.54, 1.807) is 13.1 Å². The highest BCUT2D eigenvalue weighted by atomic mass is 32.1. The van der Waals surface area contributed by atoms with E-state index in [-0.39, 0.29) is 32.0 Å². The summed E-state index contributed by atoms with van der Waals surface area (Å²) in [6.07, 6.45) is 33.0. The van der Waals surface area contributed by atoms with E-state index >= 15 is 0 Å². The number of ether oxygens (including phenoxy) is 2. The van der Waals surface area contributed by atoms with Crippen LogP contribution in [0.15, 0.2) is 11.7 Å². The Balaban J connectivity index is 1.75. The molecule has 2 atom stereocenters.